The predicted molar refractivity (Wildman–Crippen MR) is 135 cm³/mol. The van der Waals surface area contributed by atoms with Gasteiger partial charge in [0.1, 0.15) is 0 Å². The summed E-state index contributed by atoms with van der Waals surface area (Å²) in [7, 11) is 0. The summed E-state index contributed by atoms with van der Waals surface area (Å²) in [4.78, 5) is 0. The molecule has 0 heteroatoms. The van der Waals surface area contributed by atoms with Gasteiger partial charge in [0.25, 0.3) is 0 Å². The Bertz CT molecular complexity index is 280. The Hall–Kier alpha value is -0.260. The van der Waals surface area contributed by atoms with Crippen molar-refractivity contribution in [3.05, 3.63) is 12.7 Å². The molecule has 0 aromatic carbocycles. The number of rotatable bonds is 26. The molecule has 0 aromatic rings. The van der Waals surface area contributed by atoms with Gasteiger partial charge in [-0.25, -0.2) is 0 Å². The Kier molecular flexibility index (Phi) is 27.5. The van der Waals surface area contributed by atoms with Crippen molar-refractivity contribution in [2.45, 2.75) is 174 Å². The molecule has 0 bridgehead atoms. The lowest BCUT2D eigenvalue weighted by Gasteiger charge is -2.04. The quantitative estimate of drug-likeness (QED) is 0.125. The molecule has 0 unspecified atom stereocenters. The average molecular weight is 406 g/mol. The fraction of sp³-hybridized carbons (Fsp3) is 0.931. The van der Waals surface area contributed by atoms with E-state index in [1.165, 1.54) is 161 Å². The zero-order valence-corrected chi connectivity index (χ0v) is 20.5. The van der Waals surface area contributed by atoms with Crippen LogP contribution in [-0.2, 0) is 0 Å². The first-order valence-corrected chi connectivity index (χ1v) is 13.9. The second kappa shape index (κ2) is 27.7. The second-order valence-electron chi connectivity index (χ2n) is 9.51. The molecule has 0 fully saturated rings. The van der Waals surface area contributed by atoms with Gasteiger partial charge in [-0.05, 0) is 12.8 Å². The summed E-state index contributed by atoms with van der Waals surface area (Å²) in [5.41, 5.74) is 0. The SMILES string of the molecule is [CH]=CCCCCCCCCCCCCCCCCCCCCCCCCCCC. The van der Waals surface area contributed by atoms with Crippen LogP contribution in [0.25, 0.3) is 0 Å². The minimum absolute atomic E-state index is 1.10. The van der Waals surface area contributed by atoms with Crippen molar-refractivity contribution in [1.82, 2.24) is 0 Å². The minimum atomic E-state index is 1.10. The van der Waals surface area contributed by atoms with Gasteiger partial charge in [-0.3, -0.25) is 0 Å². The summed E-state index contributed by atoms with van der Waals surface area (Å²) in [6.45, 7) is 7.70. The van der Waals surface area contributed by atoms with E-state index in [1.807, 2.05) is 0 Å². The summed E-state index contributed by atoms with van der Waals surface area (Å²) >= 11 is 0. The summed E-state index contributed by atoms with van der Waals surface area (Å²) in [5, 5.41) is 0. The highest BCUT2D eigenvalue weighted by atomic mass is 14.0. The van der Waals surface area contributed by atoms with Gasteiger partial charge in [0.2, 0.25) is 0 Å². The lowest BCUT2D eigenvalue weighted by molar-refractivity contribution is 0.516. The van der Waals surface area contributed by atoms with E-state index in [4.69, 9.17) is 6.58 Å². The van der Waals surface area contributed by atoms with E-state index in [-0.39, 0.29) is 0 Å². The van der Waals surface area contributed by atoms with Crippen LogP contribution in [0.1, 0.15) is 174 Å². The maximum absolute atomic E-state index is 5.40. The van der Waals surface area contributed by atoms with Crippen molar-refractivity contribution in [2.75, 3.05) is 0 Å². The van der Waals surface area contributed by atoms with E-state index in [0.717, 1.165) is 6.42 Å². The van der Waals surface area contributed by atoms with Crippen molar-refractivity contribution in [3.63, 3.8) is 0 Å². The number of allylic oxidation sites excluding steroid dienone is 1. The maximum atomic E-state index is 5.40. The Morgan fingerprint density at radius 1 is 0.345 bits per heavy atom. The molecular formula is C29H57. The number of hydrogen-bond acceptors (Lipinski definition) is 0. The first-order chi connectivity index (χ1) is 14.4. The third-order valence-corrected chi connectivity index (χ3v) is 6.47. The van der Waals surface area contributed by atoms with Crippen LogP contribution < -0.4 is 0 Å². The molecule has 0 nitrogen and oxygen atoms in total. The van der Waals surface area contributed by atoms with Crippen LogP contribution >= 0.6 is 0 Å². The van der Waals surface area contributed by atoms with Crippen LogP contribution in [0.5, 0.6) is 0 Å². The topological polar surface area (TPSA) is 0 Å². The van der Waals surface area contributed by atoms with Gasteiger partial charge < -0.3 is 0 Å². The molecule has 173 valence electrons. The largest absolute Gasteiger partial charge is 0.0845 e. The lowest BCUT2D eigenvalue weighted by atomic mass is 10.0. The Morgan fingerprint density at radius 3 is 0.759 bits per heavy atom. The van der Waals surface area contributed by atoms with Crippen LogP contribution in [0.2, 0.25) is 0 Å². The van der Waals surface area contributed by atoms with Crippen molar-refractivity contribution in [2.24, 2.45) is 0 Å². The Morgan fingerprint density at radius 2 is 0.552 bits per heavy atom. The Labute approximate surface area is 186 Å². The first kappa shape index (κ1) is 28.7. The Balaban J connectivity index is 2.97. The van der Waals surface area contributed by atoms with Gasteiger partial charge in [-0.2, -0.15) is 0 Å². The van der Waals surface area contributed by atoms with E-state index in [2.05, 4.69) is 6.92 Å². The van der Waals surface area contributed by atoms with Gasteiger partial charge in [0, 0.05) is 0 Å². The molecule has 0 aliphatic heterocycles. The van der Waals surface area contributed by atoms with Crippen molar-refractivity contribution in [3.8, 4) is 0 Å². The highest BCUT2D eigenvalue weighted by molar-refractivity contribution is 4.61. The average Bonchev–Trinajstić information content (AvgIpc) is 2.74. The molecule has 29 heavy (non-hydrogen) atoms. The lowest BCUT2D eigenvalue weighted by Crippen LogP contribution is -1.84. The third kappa shape index (κ3) is 27.7. The smallest absolute Gasteiger partial charge is 0.0348 e. The van der Waals surface area contributed by atoms with Crippen LogP contribution in [-0.4, -0.2) is 0 Å². The minimum Gasteiger partial charge on any atom is -0.0845 e. The summed E-state index contributed by atoms with van der Waals surface area (Å²) < 4.78 is 0. The molecule has 0 amide bonds. The number of unbranched alkanes of at least 4 members (excludes halogenated alkanes) is 25. The van der Waals surface area contributed by atoms with Gasteiger partial charge >= 0.3 is 0 Å². The number of hydrogen-bond donors (Lipinski definition) is 0. The van der Waals surface area contributed by atoms with E-state index in [1.54, 1.807) is 6.08 Å². The van der Waals surface area contributed by atoms with E-state index in [9.17, 15) is 0 Å². The molecule has 0 N–H and O–H groups in total. The molecule has 1 radical (unpaired) electrons. The normalized spacial score (nSPS) is 11.2. The first-order valence-electron chi connectivity index (χ1n) is 13.9. The van der Waals surface area contributed by atoms with Crippen LogP contribution in [0.4, 0.5) is 0 Å². The van der Waals surface area contributed by atoms with Gasteiger partial charge in [-0.1, -0.05) is 174 Å². The monoisotopic (exact) mass is 405 g/mol. The van der Waals surface area contributed by atoms with E-state index in [0.29, 0.717) is 0 Å². The molecule has 0 spiro atoms. The van der Waals surface area contributed by atoms with Gasteiger partial charge in [0.05, 0.1) is 0 Å². The van der Waals surface area contributed by atoms with Gasteiger partial charge in [0.15, 0.2) is 0 Å². The maximum Gasteiger partial charge on any atom is -0.0348 e. The zero-order chi connectivity index (χ0) is 21.1. The summed E-state index contributed by atoms with van der Waals surface area (Å²) in [6, 6.07) is 0. The third-order valence-electron chi connectivity index (χ3n) is 6.47. The molecule has 0 aliphatic rings. The fourth-order valence-electron chi connectivity index (χ4n) is 4.40. The van der Waals surface area contributed by atoms with E-state index >= 15 is 0 Å². The summed E-state index contributed by atoms with van der Waals surface area (Å²) in [5.74, 6) is 0. The van der Waals surface area contributed by atoms with Crippen LogP contribution in [0.3, 0.4) is 0 Å². The molecule has 0 atom stereocenters. The molecule has 0 saturated heterocycles. The molecule has 0 rings (SSSR count). The fourth-order valence-corrected chi connectivity index (χ4v) is 4.40. The standard InChI is InChI=1S/C29H57/c1-3-5-7-9-11-13-15-17-19-21-23-25-27-29-28-26-24-22-20-18-16-14-12-10-8-6-4-2/h1,3H,4-29H2,2H3. The highest BCUT2D eigenvalue weighted by Crippen LogP contribution is 2.15. The second-order valence-corrected chi connectivity index (χ2v) is 9.51. The van der Waals surface area contributed by atoms with Crippen molar-refractivity contribution in [1.29, 1.82) is 0 Å². The highest BCUT2D eigenvalue weighted by Gasteiger charge is 1.96. The molecular weight excluding hydrogens is 348 g/mol. The van der Waals surface area contributed by atoms with Crippen LogP contribution in [0, 0.1) is 6.58 Å². The van der Waals surface area contributed by atoms with E-state index < -0.39 is 0 Å². The summed E-state index contributed by atoms with van der Waals surface area (Å²) in [6.07, 6.45) is 39.3. The van der Waals surface area contributed by atoms with Gasteiger partial charge in [-0.15, -0.1) is 0 Å². The predicted octanol–water partition coefficient (Wildman–Crippen LogP) is 11.1. The molecule has 0 saturated carbocycles. The molecule has 0 aromatic heterocycles. The van der Waals surface area contributed by atoms with Crippen molar-refractivity contribution < 1.29 is 0 Å². The molecule has 0 heterocycles. The van der Waals surface area contributed by atoms with Crippen LogP contribution in [0.15, 0.2) is 6.08 Å². The molecule has 0 aliphatic carbocycles. The zero-order valence-electron chi connectivity index (χ0n) is 20.5. The van der Waals surface area contributed by atoms with Crippen molar-refractivity contribution >= 4 is 0 Å².